The third-order valence-corrected chi connectivity index (χ3v) is 4.66. The van der Waals surface area contributed by atoms with Gasteiger partial charge in [0.1, 0.15) is 6.04 Å². The summed E-state index contributed by atoms with van der Waals surface area (Å²) in [6.07, 6.45) is 0.142. The Balaban J connectivity index is 0.000000469. The standard InChI is InChI=1S/C16H17N3O5.C3H7NO2/c1-17-10-4-2-3-9-13(10)16(24)19(14(9)22)11-5-6-12(21)18(7-8-20)15(11)23;1-4-2-3(5)6/h2-4,11,17,20H,5-8H2,1H3;4H,2H2,1H3,(H,5,6). The Hall–Kier alpha value is -3.31. The fourth-order valence-electron chi connectivity index (χ4n) is 3.34. The van der Waals surface area contributed by atoms with Gasteiger partial charge in [0.2, 0.25) is 5.91 Å². The lowest BCUT2D eigenvalue weighted by atomic mass is 10.0. The van der Waals surface area contributed by atoms with Gasteiger partial charge in [-0.2, -0.15) is 0 Å². The molecule has 0 aromatic heterocycles. The summed E-state index contributed by atoms with van der Waals surface area (Å²) in [6.45, 7) is -0.463. The first-order valence-corrected chi connectivity index (χ1v) is 9.28. The summed E-state index contributed by atoms with van der Waals surface area (Å²) < 4.78 is 0. The summed E-state index contributed by atoms with van der Waals surface area (Å²) >= 11 is 0. The molecule has 2 aliphatic rings. The molecule has 0 bridgehead atoms. The molecule has 11 nitrogen and oxygen atoms in total. The number of fused-ring (bicyclic) bond motifs is 1. The van der Waals surface area contributed by atoms with Crippen molar-refractivity contribution in [3.63, 3.8) is 0 Å². The van der Waals surface area contributed by atoms with Crippen LogP contribution >= 0.6 is 0 Å². The van der Waals surface area contributed by atoms with Gasteiger partial charge in [0.05, 0.1) is 30.8 Å². The number of carboxylic acid groups (broad SMARTS) is 1. The predicted molar refractivity (Wildman–Crippen MR) is 105 cm³/mol. The Morgan fingerprint density at radius 1 is 1.17 bits per heavy atom. The molecule has 0 saturated carbocycles. The number of carbonyl (C=O) groups excluding carboxylic acids is 4. The first-order chi connectivity index (χ1) is 14.3. The quantitative estimate of drug-likeness (QED) is 0.429. The van der Waals surface area contributed by atoms with E-state index < -0.39 is 35.6 Å². The minimum Gasteiger partial charge on any atom is -0.480 e. The Kier molecular flexibility index (Phi) is 7.61. The minimum atomic E-state index is -1.02. The average Bonchev–Trinajstić information content (AvgIpc) is 2.96. The number of likely N-dealkylation sites (tertiary alicyclic amines) is 1. The number of anilines is 1. The number of aliphatic hydroxyl groups is 1. The number of carbonyl (C=O) groups is 5. The van der Waals surface area contributed by atoms with E-state index in [-0.39, 0.29) is 43.7 Å². The number of rotatable bonds is 6. The van der Waals surface area contributed by atoms with Gasteiger partial charge in [-0.1, -0.05) is 6.07 Å². The zero-order valence-corrected chi connectivity index (χ0v) is 16.7. The van der Waals surface area contributed by atoms with Gasteiger partial charge in [-0.3, -0.25) is 33.8 Å². The van der Waals surface area contributed by atoms with E-state index in [0.717, 1.165) is 9.80 Å². The van der Waals surface area contributed by atoms with Crippen molar-refractivity contribution in [2.75, 3.05) is 39.1 Å². The van der Waals surface area contributed by atoms with Gasteiger partial charge < -0.3 is 20.8 Å². The molecule has 0 spiro atoms. The van der Waals surface area contributed by atoms with Gasteiger partial charge in [0, 0.05) is 19.2 Å². The second-order valence-corrected chi connectivity index (χ2v) is 6.54. The number of carboxylic acids is 1. The zero-order valence-electron chi connectivity index (χ0n) is 16.7. The normalized spacial score (nSPS) is 18.2. The number of β-amino-alcohol motifs (C(OH)–C–C–N with tert-alkyl or cyclic N) is 1. The summed E-state index contributed by atoms with van der Waals surface area (Å²) in [4.78, 5) is 61.1. The first kappa shape index (κ1) is 23.0. The van der Waals surface area contributed by atoms with Crippen LogP contribution in [-0.2, 0) is 14.4 Å². The Morgan fingerprint density at radius 2 is 1.87 bits per heavy atom. The van der Waals surface area contributed by atoms with Crippen LogP contribution in [0.4, 0.5) is 5.69 Å². The highest BCUT2D eigenvalue weighted by Crippen LogP contribution is 2.32. The van der Waals surface area contributed by atoms with Crippen LogP contribution < -0.4 is 10.6 Å². The number of nitrogens with zero attached hydrogens (tertiary/aromatic N) is 2. The van der Waals surface area contributed by atoms with Gasteiger partial charge in [-0.05, 0) is 25.6 Å². The number of amides is 4. The number of aliphatic carboxylic acids is 1. The molecule has 1 aromatic rings. The molecule has 30 heavy (non-hydrogen) atoms. The van der Waals surface area contributed by atoms with Crippen molar-refractivity contribution in [3.05, 3.63) is 29.3 Å². The summed E-state index contributed by atoms with van der Waals surface area (Å²) in [5, 5.41) is 22.2. The molecule has 1 atom stereocenters. The molecule has 0 radical (unpaired) electrons. The fourth-order valence-corrected chi connectivity index (χ4v) is 3.34. The van der Waals surface area contributed by atoms with Crippen molar-refractivity contribution in [2.24, 2.45) is 0 Å². The molecule has 4 amide bonds. The molecule has 4 N–H and O–H groups in total. The Morgan fingerprint density at radius 3 is 2.40 bits per heavy atom. The number of benzene rings is 1. The van der Waals surface area contributed by atoms with E-state index in [1.165, 1.54) is 0 Å². The second kappa shape index (κ2) is 9.94. The molecule has 1 fully saturated rings. The van der Waals surface area contributed by atoms with Crippen LogP contribution in [0.3, 0.4) is 0 Å². The summed E-state index contributed by atoms with van der Waals surface area (Å²) in [6, 6.07) is 3.85. The first-order valence-electron chi connectivity index (χ1n) is 9.28. The van der Waals surface area contributed by atoms with Gasteiger partial charge in [-0.15, -0.1) is 0 Å². The molecule has 162 valence electrons. The number of hydrogen-bond donors (Lipinski definition) is 4. The topological polar surface area (TPSA) is 156 Å². The lowest BCUT2D eigenvalue weighted by molar-refractivity contribution is -0.152. The number of piperidine rings is 1. The van der Waals surface area contributed by atoms with Gasteiger partial charge in [0.25, 0.3) is 17.7 Å². The van der Waals surface area contributed by atoms with E-state index in [2.05, 4.69) is 10.6 Å². The van der Waals surface area contributed by atoms with Gasteiger partial charge >= 0.3 is 5.97 Å². The van der Waals surface area contributed by atoms with Gasteiger partial charge in [0.15, 0.2) is 0 Å². The highest BCUT2D eigenvalue weighted by Gasteiger charge is 2.47. The largest absolute Gasteiger partial charge is 0.480 e. The summed E-state index contributed by atoms with van der Waals surface area (Å²) in [7, 11) is 3.23. The monoisotopic (exact) mass is 420 g/mol. The van der Waals surface area contributed by atoms with Crippen LogP contribution in [0.5, 0.6) is 0 Å². The van der Waals surface area contributed by atoms with Crippen molar-refractivity contribution < 1.29 is 34.2 Å². The maximum atomic E-state index is 12.7. The van der Waals surface area contributed by atoms with Crippen LogP contribution in [-0.4, -0.2) is 89.4 Å². The smallest absolute Gasteiger partial charge is 0.317 e. The SMILES string of the molecule is CNCC(=O)O.CNc1cccc2c1C(=O)N(C1CCC(=O)N(CCO)C1=O)C2=O. The van der Waals surface area contributed by atoms with E-state index in [1.807, 2.05) is 0 Å². The van der Waals surface area contributed by atoms with Crippen LogP contribution in [0.2, 0.25) is 0 Å². The number of aliphatic hydroxyl groups excluding tert-OH is 1. The third-order valence-electron chi connectivity index (χ3n) is 4.66. The van der Waals surface area contributed by atoms with E-state index >= 15 is 0 Å². The fraction of sp³-hybridized carbons (Fsp3) is 0.421. The third kappa shape index (κ3) is 4.47. The molecule has 1 aromatic carbocycles. The zero-order chi connectivity index (χ0) is 22.4. The molecule has 2 aliphatic heterocycles. The van der Waals surface area contributed by atoms with Crippen molar-refractivity contribution in [1.29, 1.82) is 0 Å². The summed E-state index contributed by atoms with van der Waals surface area (Å²) in [5.74, 6) is -2.93. The highest BCUT2D eigenvalue weighted by molar-refractivity contribution is 6.25. The van der Waals surface area contributed by atoms with Crippen molar-refractivity contribution in [1.82, 2.24) is 15.1 Å². The van der Waals surface area contributed by atoms with E-state index in [9.17, 15) is 24.0 Å². The van der Waals surface area contributed by atoms with Crippen LogP contribution in [0.25, 0.3) is 0 Å². The lowest BCUT2D eigenvalue weighted by Crippen LogP contribution is -2.56. The predicted octanol–water partition coefficient (Wildman–Crippen LogP) is -0.875. The Bertz CT molecular complexity index is 870. The van der Waals surface area contributed by atoms with Crippen LogP contribution in [0.1, 0.15) is 33.6 Å². The molecular formula is C19H24N4O7. The van der Waals surface area contributed by atoms with Crippen LogP contribution in [0.15, 0.2) is 18.2 Å². The van der Waals surface area contributed by atoms with E-state index in [1.54, 1.807) is 32.3 Å². The minimum absolute atomic E-state index is 0.0417. The molecule has 0 aliphatic carbocycles. The lowest BCUT2D eigenvalue weighted by Gasteiger charge is -2.34. The average molecular weight is 420 g/mol. The Labute approximate surface area is 172 Å². The van der Waals surface area contributed by atoms with Gasteiger partial charge in [-0.25, -0.2) is 0 Å². The molecule has 1 unspecified atom stereocenters. The molecule has 11 heteroatoms. The van der Waals surface area contributed by atoms with E-state index in [0.29, 0.717) is 5.69 Å². The summed E-state index contributed by atoms with van der Waals surface area (Å²) in [5.41, 5.74) is 0.994. The molecule has 2 heterocycles. The molecule has 1 saturated heterocycles. The van der Waals surface area contributed by atoms with Crippen molar-refractivity contribution in [2.45, 2.75) is 18.9 Å². The van der Waals surface area contributed by atoms with Crippen LogP contribution in [0, 0.1) is 0 Å². The second-order valence-electron chi connectivity index (χ2n) is 6.54. The molecule has 3 rings (SSSR count). The highest BCUT2D eigenvalue weighted by atomic mass is 16.4. The number of imide groups is 2. The van der Waals surface area contributed by atoms with Crippen molar-refractivity contribution >= 4 is 35.3 Å². The number of hydrogen-bond acceptors (Lipinski definition) is 8. The molecular weight excluding hydrogens is 396 g/mol. The maximum Gasteiger partial charge on any atom is 0.317 e. The number of likely N-dealkylation sites (N-methyl/N-ethyl adjacent to an activating group) is 1. The maximum absolute atomic E-state index is 12.7. The van der Waals surface area contributed by atoms with E-state index in [4.69, 9.17) is 10.2 Å². The van der Waals surface area contributed by atoms with Crippen molar-refractivity contribution in [3.8, 4) is 0 Å². The number of nitrogens with one attached hydrogen (secondary N) is 2.